The maximum atomic E-state index is 5.04. The Bertz CT molecular complexity index is 108. The van der Waals surface area contributed by atoms with Crippen molar-refractivity contribution in [2.24, 2.45) is 11.1 Å². The minimum atomic E-state index is 0.563. The van der Waals surface area contributed by atoms with Crippen LogP contribution in [0.4, 0.5) is 0 Å². The average molecular weight is 143 g/mol. The zero-order valence-corrected chi connectivity index (χ0v) is 7.35. The summed E-state index contributed by atoms with van der Waals surface area (Å²) in [4.78, 5) is 5.04. The van der Waals surface area contributed by atoms with Crippen molar-refractivity contribution in [1.29, 1.82) is 0 Å². The van der Waals surface area contributed by atoms with E-state index in [4.69, 9.17) is 4.84 Å². The molecule has 0 saturated heterocycles. The summed E-state index contributed by atoms with van der Waals surface area (Å²) in [5.41, 5.74) is 1.06. The molecule has 0 radical (unpaired) electrons. The van der Waals surface area contributed by atoms with Crippen molar-refractivity contribution in [3.05, 3.63) is 0 Å². The van der Waals surface area contributed by atoms with E-state index >= 15 is 0 Å². The van der Waals surface area contributed by atoms with Crippen molar-refractivity contribution in [2.45, 2.75) is 34.1 Å². The van der Waals surface area contributed by atoms with Crippen LogP contribution in [-0.4, -0.2) is 12.3 Å². The highest BCUT2D eigenvalue weighted by atomic mass is 16.6. The lowest BCUT2D eigenvalue weighted by Gasteiger charge is -2.02. The lowest BCUT2D eigenvalue weighted by molar-refractivity contribution is 0.118. The van der Waals surface area contributed by atoms with E-state index in [0.717, 1.165) is 18.7 Å². The molecule has 0 aliphatic rings. The maximum absolute atomic E-state index is 5.04. The van der Waals surface area contributed by atoms with Gasteiger partial charge in [0.1, 0.15) is 6.61 Å². The smallest absolute Gasteiger partial charge is 0.119 e. The standard InChI is InChI=1S/C8H17NO/c1-5-8(4)9-10-6-7(2)3/h7H,5-6H2,1-4H3/b9-8+. The highest BCUT2D eigenvalue weighted by molar-refractivity contribution is 5.80. The molecule has 0 heterocycles. The third kappa shape index (κ3) is 5.60. The molecule has 0 bridgehead atoms. The summed E-state index contributed by atoms with van der Waals surface area (Å²) in [5.74, 6) is 0.563. The first-order valence-electron chi connectivity index (χ1n) is 3.82. The first-order chi connectivity index (χ1) is 4.66. The molecular weight excluding hydrogens is 126 g/mol. The van der Waals surface area contributed by atoms with Crippen LogP contribution >= 0.6 is 0 Å². The highest BCUT2D eigenvalue weighted by Gasteiger charge is 1.91. The van der Waals surface area contributed by atoms with Gasteiger partial charge < -0.3 is 4.84 Å². The Morgan fingerprint density at radius 3 is 2.50 bits per heavy atom. The van der Waals surface area contributed by atoms with Crippen LogP contribution in [0.1, 0.15) is 34.1 Å². The largest absolute Gasteiger partial charge is 0.396 e. The second-order valence-corrected chi connectivity index (χ2v) is 2.87. The number of hydrogen-bond donors (Lipinski definition) is 0. The number of oxime groups is 1. The number of rotatable bonds is 4. The van der Waals surface area contributed by atoms with Crippen LogP contribution in [0.15, 0.2) is 5.16 Å². The van der Waals surface area contributed by atoms with E-state index in [1.165, 1.54) is 0 Å². The van der Waals surface area contributed by atoms with Gasteiger partial charge in [-0.3, -0.25) is 0 Å². The van der Waals surface area contributed by atoms with Crippen LogP contribution in [0.3, 0.4) is 0 Å². The molecule has 0 saturated carbocycles. The predicted octanol–water partition coefficient (Wildman–Crippen LogP) is 2.44. The summed E-state index contributed by atoms with van der Waals surface area (Å²) in [6.45, 7) is 8.98. The molecule has 10 heavy (non-hydrogen) atoms. The normalized spacial score (nSPS) is 12.3. The monoisotopic (exact) mass is 143 g/mol. The molecule has 0 aliphatic carbocycles. The van der Waals surface area contributed by atoms with Gasteiger partial charge in [0.2, 0.25) is 0 Å². The predicted molar refractivity (Wildman–Crippen MR) is 44.2 cm³/mol. The zero-order valence-electron chi connectivity index (χ0n) is 7.35. The van der Waals surface area contributed by atoms with Gasteiger partial charge >= 0.3 is 0 Å². The Morgan fingerprint density at radius 1 is 1.50 bits per heavy atom. The molecule has 0 aromatic rings. The van der Waals surface area contributed by atoms with Gasteiger partial charge in [-0.2, -0.15) is 0 Å². The molecule has 0 aromatic heterocycles. The third-order valence-electron chi connectivity index (χ3n) is 1.14. The minimum Gasteiger partial charge on any atom is -0.396 e. The quantitative estimate of drug-likeness (QED) is 0.437. The van der Waals surface area contributed by atoms with E-state index in [1.54, 1.807) is 0 Å². The molecule has 0 aliphatic heterocycles. The zero-order chi connectivity index (χ0) is 7.98. The summed E-state index contributed by atoms with van der Waals surface area (Å²) >= 11 is 0. The number of hydrogen-bond acceptors (Lipinski definition) is 2. The van der Waals surface area contributed by atoms with Crippen LogP contribution in [0, 0.1) is 5.92 Å². The van der Waals surface area contributed by atoms with Crippen LogP contribution in [0.25, 0.3) is 0 Å². The topological polar surface area (TPSA) is 21.6 Å². The Balaban J connectivity index is 3.34. The van der Waals surface area contributed by atoms with E-state index in [0.29, 0.717) is 5.92 Å². The summed E-state index contributed by atoms with van der Waals surface area (Å²) < 4.78 is 0. The number of nitrogens with zero attached hydrogens (tertiary/aromatic N) is 1. The fourth-order valence-corrected chi connectivity index (χ4v) is 0.361. The first kappa shape index (κ1) is 9.47. The van der Waals surface area contributed by atoms with Crippen LogP contribution in [0.2, 0.25) is 0 Å². The lowest BCUT2D eigenvalue weighted by atomic mass is 10.2. The third-order valence-corrected chi connectivity index (χ3v) is 1.14. The molecule has 0 spiro atoms. The molecule has 0 fully saturated rings. The average Bonchev–Trinajstić information content (AvgIpc) is 1.87. The van der Waals surface area contributed by atoms with E-state index in [2.05, 4.69) is 25.9 Å². The van der Waals surface area contributed by atoms with Crippen LogP contribution in [-0.2, 0) is 4.84 Å². The minimum absolute atomic E-state index is 0.563. The van der Waals surface area contributed by atoms with Crippen molar-refractivity contribution < 1.29 is 4.84 Å². The van der Waals surface area contributed by atoms with Crippen molar-refractivity contribution in [1.82, 2.24) is 0 Å². The Kier molecular flexibility index (Phi) is 4.99. The van der Waals surface area contributed by atoms with Crippen LogP contribution in [0.5, 0.6) is 0 Å². The summed E-state index contributed by atoms with van der Waals surface area (Å²) in [6, 6.07) is 0. The molecule has 0 atom stereocenters. The van der Waals surface area contributed by atoms with E-state index in [-0.39, 0.29) is 0 Å². The molecular formula is C8H17NO. The van der Waals surface area contributed by atoms with Gasteiger partial charge in [0.25, 0.3) is 0 Å². The van der Waals surface area contributed by atoms with Crippen molar-refractivity contribution >= 4 is 5.71 Å². The molecule has 60 valence electrons. The van der Waals surface area contributed by atoms with Gasteiger partial charge in [-0.05, 0) is 19.3 Å². The highest BCUT2D eigenvalue weighted by Crippen LogP contribution is 1.93. The SMILES string of the molecule is CC/C(C)=N/OCC(C)C. The fraction of sp³-hybridized carbons (Fsp3) is 0.875. The van der Waals surface area contributed by atoms with E-state index < -0.39 is 0 Å². The summed E-state index contributed by atoms with van der Waals surface area (Å²) in [5, 5.41) is 3.90. The molecule has 0 N–H and O–H groups in total. The Labute approximate surface area is 63.3 Å². The van der Waals surface area contributed by atoms with Gasteiger partial charge in [-0.1, -0.05) is 25.9 Å². The van der Waals surface area contributed by atoms with Crippen molar-refractivity contribution in [3.63, 3.8) is 0 Å². The Hall–Kier alpha value is -0.530. The van der Waals surface area contributed by atoms with E-state index in [1.807, 2.05) is 6.92 Å². The molecule has 0 amide bonds. The van der Waals surface area contributed by atoms with Gasteiger partial charge in [-0.15, -0.1) is 0 Å². The molecule has 0 unspecified atom stereocenters. The van der Waals surface area contributed by atoms with Gasteiger partial charge in [0, 0.05) is 0 Å². The van der Waals surface area contributed by atoms with Gasteiger partial charge in [-0.25, -0.2) is 0 Å². The molecule has 0 rings (SSSR count). The van der Waals surface area contributed by atoms with Crippen molar-refractivity contribution in [2.75, 3.05) is 6.61 Å². The summed E-state index contributed by atoms with van der Waals surface area (Å²) in [6.07, 6.45) is 0.970. The second kappa shape index (κ2) is 5.27. The van der Waals surface area contributed by atoms with Crippen LogP contribution < -0.4 is 0 Å². The first-order valence-corrected chi connectivity index (χ1v) is 3.82. The maximum Gasteiger partial charge on any atom is 0.119 e. The molecule has 2 heteroatoms. The Morgan fingerprint density at radius 2 is 2.10 bits per heavy atom. The second-order valence-electron chi connectivity index (χ2n) is 2.87. The molecule has 0 aromatic carbocycles. The molecule has 2 nitrogen and oxygen atoms in total. The van der Waals surface area contributed by atoms with Gasteiger partial charge in [0.05, 0.1) is 5.71 Å². The van der Waals surface area contributed by atoms with E-state index in [9.17, 15) is 0 Å². The lowest BCUT2D eigenvalue weighted by Crippen LogP contribution is -1.99. The summed E-state index contributed by atoms with van der Waals surface area (Å²) in [7, 11) is 0. The van der Waals surface area contributed by atoms with Crippen molar-refractivity contribution in [3.8, 4) is 0 Å². The fourth-order valence-electron chi connectivity index (χ4n) is 0.361. The van der Waals surface area contributed by atoms with Gasteiger partial charge in [0.15, 0.2) is 0 Å².